The van der Waals surface area contributed by atoms with Gasteiger partial charge in [0.25, 0.3) is 6.02 Å². The summed E-state index contributed by atoms with van der Waals surface area (Å²) in [6.07, 6.45) is 1.85. The highest BCUT2D eigenvalue weighted by molar-refractivity contribution is 9.10. The Kier molecular flexibility index (Phi) is 3.43. The summed E-state index contributed by atoms with van der Waals surface area (Å²) < 4.78 is 6.44. The van der Waals surface area contributed by atoms with Crippen LogP contribution < -0.4 is 5.73 Å². The van der Waals surface area contributed by atoms with Crippen LogP contribution in [0.15, 0.2) is 27.7 Å². The molecule has 17 heavy (non-hydrogen) atoms. The lowest BCUT2D eigenvalue weighted by atomic mass is 9.99. The van der Waals surface area contributed by atoms with E-state index in [1.54, 1.807) is 0 Å². The van der Waals surface area contributed by atoms with Gasteiger partial charge < -0.3 is 10.5 Å². The van der Waals surface area contributed by atoms with E-state index in [4.69, 9.17) is 10.5 Å². The molecule has 1 aliphatic heterocycles. The molecule has 3 nitrogen and oxygen atoms in total. The molecular formula is C13H17BrN2O. The van der Waals surface area contributed by atoms with Crippen LogP contribution in [0.25, 0.3) is 0 Å². The number of amidine groups is 1. The zero-order valence-corrected chi connectivity index (χ0v) is 11.8. The minimum absolute atomic E-state index is 0.129. The summed E-state index contributed by atoms with van der Waals surface area (Å²) in [5.74, 6) is 0. The second kappa shape index (κ2) is 4.69. The number of hydrogen-bond donors (Lipinski definition) is 1. The first kappa shape index (κ1) is 12.4. The number of fused-ring (bicyclic) bond motifs is 1. The summed E-state index contributed by atoms with van der Waals surface area (Å²) in [6.45, 7) is 4.61. The Labute approximate surface area is 110 Å². The van der Waals surface area contributed by atoms with E-state index in [0.717, 1.165) is 17.3 Å². The number of benzene rings is 1. The lowest BCUT2D eigenvalue weighted by Crippen LogP contribution is -2.28. The molecule has 0 bridgehead atoms. The molecule has 1 aromatic carbocycles. The number of rotatable bonds is 0. The lowest BCUT2D eigenvalue weighted by Gasteiger charge is -2.15. The van der Waals surface area contributed by atoms with Gasteiger partial charge in [-0.2, -0.15) is 0 Å². The summed E-state index contributed by atoms with van der Waals surface area (Å²) >= 11 is 3.57. The Balaban J connectivity index is 0.000000514. The monoisotopic (exact) mass is 296 g/mol. The van der Waals surface area contributed by atoms with Crippen molar-refractivity contribution in [1.82, 2.24) is 0 Å². The van der Waals surface area contributed by atoms with Crippen LogP contribution >= 0.6 is 15.9 Å². The first-order valence-electron chi connectivity index (χ1n) is 5.93. The third-order valence-corrected chi connectivity index (χ3v) is 3.82. The van der Waals surface area contributed by atoms with E-state index in [2.05, 4.69) is 39.1 Å². The van der Waals surface area contributed by atoms with Gasteiger partial charge >= 0.3 is 0 Å². The molecule has 1 spiro atoms. The lowest BCUT2D eigenvalue weighted by molar-refractivity contribution is 0.258. The van der Waals surface area contributed by atoms with Crippen LogP contribution in [0, 0.1) is 0 Å². The van der Waals surface area contributed by atoms with Gasteiger partial charge in [-0.1, -0.05) is 41.9 Å². The number of hydrogen-bond acceptors (Lipinski definition) is 3. The number of nitrogens with two attached hydrogens (primary N) is 1. The van der Waals surface area contributed by atoms with Gasteiger partial charge in [0, 0.05) is 17.3 Å². The standard InChI is InChI=1S/C11H11BrN2O.C2H6/c12-9-3-1-2-7-4-11(5-8(7)9)6-15-10(13)14-11;1-2/h1-3H,4-6H2,(H2,13,14);1-2H3. The summed E-state index contributed by atoms with van der Waals surface area (Å²) in [4.78, 5) is 4.43. The quantitative estimate of drug-likeness (QED) is 0.800. The average molecular weight is 297 g/mol. The van der Waals surface area contributed by atoms with E-state index in [1.807, 2.05) is 13.8 Å². The predicted molar refractivity (Wildman–Crippen MR) is 73.2 cm³/mol. The topological polar surface area (TPSA) is 47.6 Å². The van der Waals surface area contributed by atoms with E-state index >= 15 is 0 Å². The summed E-state index contributed by atoms with van der Waals surface area (Å²) in [7, 11) is 0. The molecule has 0 amide bonds. The van der Waals surface area contributed by atoms with Crippen LogP contribution in [0.2, 0.25) is 0 Å². The molecule has 4 heteroatoms. The molecule has 1 aromatic rings. The van der Waals surface area contributed by atoms with Crippen molar-refractivity contribution >= 4 is 22.0 Å². The maximum Gasteiger partial charge on any atom is 0.282 e. The van der Waals surface area contributed by atoms with E-state index in [9.17, 15) is 0 Å². The fraction of sp³-hybridized carbons (Fsp3) is 0.462. The van der Waals surface area contributed by atoms with Crippen LogP contribution in [0.4, 0.5) is 0 Å². The van der Waals surface area contributed by atoms with Gasteiger partial charge in [-0.25, -0.2) is 4.99 Å². The number of aliphatic imine (C=N–C) groups is 1. The van der Waals surface area contributed by atoms with Gasteiger partial charge in [0.1, 0.15) is 12.1 Å². The Morgan fingerprint density at radius 1 is 1.35 bits per heavy atom. The molecule has 0 saturated carbocycles. The molecule has 0 fully saturated rings. The third kappa shape index (κ3) is 2.18. The van der Waals surface area contributed by atoms with Crippen molar-refractivity contribution in [2.45, 2.75) is 32.2 Å². The molecule has 1 atom stereocenters. The van der Waals surface area contributed by atoms with Crippen LogP contribution in [-0.2, 0) is 17.6 Å². The maximum atomic E-state index is 5.58. The van der Waals surface area contributed by atoms with Crippen molar-refractivity contribution in [3.05, 3.63) is 33.8 Å². The molecular weight excluding hydrogens is 280 g/mol. The van der Waals surface area contributed by atoms with E-state index in [0.29, 0.717) is 12.6 Å². The van der Waals surface area contributed by atoms with Gasteiger partial charge in [-0.05, 0) is 17.2 Å². The number of nitrogens with zero attached hydrogens (tertiary/aromatic N) is 1. The van der Waals surface area contributed by atoms with Crippen LogP contribution in [0.5, 0.6) is 0 Å². The van der Waals surface area contributed by atoms with Crippen LogP contribution in [-0.4, -0.2) is 18.2 Å². The first-order chi connectivity index (χ1) is 8.19. The Hall–Kier alpha value is -1.03. The highest BCUT2D eigenvalue weighted by Crippen LogP contribution is 2.38. The highest BCUT2D eigenvalue weighted by Gasteiger charge is 2.42. The smallest absolute Gasteiger partial charge is 0.282 e. The fourth-order valence-electron chi connectivity index (χ4n) is 2.40. The van der Waals surface area contributed by atoms with Crippen molar-refractivity contribution in [2.24, 2.45) is 10.7 Å². The van der Waals surface area contributed by atoms with Gasteiger partial charge in [0.05, 0.1) is 0 Å². The summed E-state index contributed by atoms with van der Waals surface area (Å²) in [5.41, 5.74) is 8.15. The number of ether oxygens (including phenoxy) is 1. The van der Waals surface area contributed by atoms with E-state index in [1.165, 1.54) is 11.1 Å². The predicted octanol–water partition coefficient (Wildman–Crippen LogP) is 2.66. The molecule has 2 aliphatic rings. The molecule has 0 saturated heterocycles. The first-order valence-corrected chi connectivity index (χ1v) is 6.72. The van der Waals surface area contributed by atoms with Gasteiger partial charge in [-0.3, -0.25) is 0 Å². The Morgan fingerprint density at radius 3 is 2.71 bits per heavy atom. The maximum absolute atomic E-state index is 5.58. The highest BCUT2D eigenvalue weighted by atomic mass is 79.9. The van der Waals surface area contributed by atoms with E-state index < -0.39 is 0 Å². The zero-order valence-electron chi connectivity index (χ0n) is 10.2. The summed E-state index contributed by atoms with van der Waals surface area (Å²) in [5, 5.41) is 0. The Bertz CT molecular complexity index is 459. The van der Waals surface area contributed by atoms with Gasteiger partial charge in [0.15, 0.2) is 0 Å². The fourth-order valence-corrected chi connectivity index (χ4v) is 2.95. The second-order valence-electron chi connectivity index (χ2n) is 4.19. The second-order valence-corrected chi connectivity index (χ2v) is 5.05. The molecule has 1 unspecified atom stereocenters. The van der Waals surface area contributed by atoms with Crippen molar-refractivity contribution in [1.29, 1.82) is 0 Å². The number of halogens is 1. The molecule has 3 rings (SSSR count). The van der Waals surface area contributed by atoms with Crippen LogP contribution in [0.3, 0.4) is 0 Å². The van der Waals surface area contributed by atoms with Crippen molar-refractivity contribution in [2.75, 3.05) is 6.61 Å². The molecule has 0 aromatic heterocycles. The van der Waals surface area contributed by atoms with Crippen LogP contribution in [0.1, 0.15) is 25.0 Å². The molecule has 1 heterocycles. The normalized spacial score (nSPS) is 24.8. The minimum atomic E-state index is -0.129. The van der Waals surface area contributed by atoms with Crippen molar-refractivity contribution in [3.63, 3.8) is 0 Å². The third-order valence-electron chi connectivity index (χ3n) is 3.08. The Morgan fingerprint density at radius 2 is 2.12 bits per heavy atom. The SMILES string of the molecule is CC.NC1=NC2(CO1)Cc1cccc(Br)c1C2. The average Bonchev–Trinajstić information content (AvgIpc) is 2.86. The molecule has 1 aliphatic carbocycles. The molecule has 92 valence electrons. The summed E-state index contributed by atoms with van der Waals surface area (Å²) in [6, 6.07) is 6.61. The van der Waals surface area contributed by atoms with E-state index in [-0.39, 0.29) is 5.54 Å². The largest absolute Gasteiger partial charge is 0.463 e. The zero-order chi connectivity index (χ0) is 12.5. The van der Waals surface area contributed by atoms with Gasteiger partial charge in [0.2, 0.25) is 0 Å². The van der Waals surface area contributed by atoms with Crippen molar-refractivity contribution in [3.8, 4) is 0 Å². The molecule has 0 radical (unpaired) electrons. The van der Waals surface area contributed by atoms with Crippen molar-refractivity contribution < 1.29 is 4.74 Å². The van der Waals surface area contributed by atoms with Gasteiger partial charge in [-0.15, -0.1) is 0 Å². The minimum Gasteiger partial charge on any atom is -0.463 e. The molecule has 2 N–H and O–H groups in total.